The van der Waals surface area contributed by atoms with Gasteiger partial charge in [0.1, 0.15) is 5.82 Å². The van der Waals surface area contributed by atoms with Crippen molar-refractivity contribution in [1.29, 1.82) is 0 Å². The molecule has 0 aromatic carbocycles. The summed E-state index contributed by atoms with van der Waals surface area (Å²) in [6.07, 6.45) is 1.32. The highest BCUT2D eigenvalue weighted by atomic mass is 35.5. The lowest BCUT2D eigenvalue weighted by Gasteiger charge is -2.33. The zero-order valence-electron chi connectivity index (χ0n) is 9.61. The molecule has 0 radical (unpaired) electrons. The number of ether oxygens (including phenoxy) is 1. The van der Waals surface area contributed by atoms with E-state index < -0.39 is 0 Å². The maximum Gasteiger partial charge on any atom is 0.224 e. The van der Waals surface area contributed by atoms with E-state index in [1.54, 1.807) is 0 Å². The summed E-state index contributed by atoms with van der Waals surface area (Å²) in [5.74, 6) is 0.902. The van der Waals surface area contributed by atoms with Crippen LogP contribution in [0.5, 0.6) is 0 Å². The van der Waals surface area contributed by atoms with Gasteiger partial charge >= 0.3 is 0 Å². The second kappa shape index (κ2) is 4.97. The molecule has 0 bridgehead atoms. The van der Waals surface area contributed by atoms with E-state index in [9.17, 15) is 0 Å². The van der Waals surface area contributed by atoms with Crippen molar-refractivity contribution >= 4 is 17.4 Å². The SMILES string of the molecule is CCC1CN(c2cc(C)nc(Cl)n2)CCO1. The molecular formula is C11H16ClN3O. The van der Waals surface area contributed by atoms with Gasteiger partial charge in [-0.3, -0.25) is 0 Å². The molecule has 5 heteroatoms. The van der Waals surface area contributed by atoms with Crippen molar-refractivity contribution in [2.45, 2.75) is 26.4 Å². The quantitative estimate of drug-likeness (QED) is 0.743. The van der Waals surface area contributed by atoms with Gasteiger partial charge < -0.3 is 9.64 Å². The maximum atomic E-state index is 5.86. The average molecular weight is 242 g/mol. The summed E-state index contributed by atoms with van der Waals surface area (Å²) in [4.78, 5) is 10.5. The molecule has 16 heavy (non-hydrogen) atoms. The van der Waals surface area contributed by atoms with E-state index in [4.69, 9.17) is 16.3 Å². The van der Waals surface area contributed by atoms with Crippen molar-refractivity contribution in [1.82, 2.24) is 9.97 Å². The first-order valence-electron chi connectivity index (χ1n) is 5.56. The number of rotatable bonds is 2. The fourth-order valence-corrected chi connectivity index (χ4v) is 2.07. The highest BCUT2D eigenvalue weighted by Crippen LogP contribution is 2.18. The highest BCUT2D eigenvalue weighted by molar-refractivity contribution is 6.28. The molecular weight excluding hydrogens is 226 g/mol. The van der Waals surface area contributed by atoms with Crippen molar-refractivity contribution in [2.24, 2.45) is 0 Å². The largest absolute Gasteiger partial charge is 0.375 e. The van der Waals surface area contributed by atoms with Gasteiger partial charge in [-0.25, -0.2) is 9.97 Å². The number of hydrogen-bond acceptors (Lipinski definition) is 4. The lowest BCUT2D eigenvalue weighted by atomic mass is 10.2. The fourth-order valence-electron chi connectivity index (χ4n) is 1.85. The van der Waals surface area contributed by atoms with E-state index >= 15 is 0 Å². The molecule has 1 fully saturated rings. The Morgan fingerprint density at radius 1 is 1.56 bits per heavy atom. The van der Waals surface area contributed by atoms with Crippen LogP contribution >= 0.6 is 11.6 Å². The van der Waals surface area contributed by atoms with E-state index in [0.29, 0.717) is 11.4 Å². The van der Waals surface area contributed by atoms with Crippen molar-refractivity contribution in [3.05, 3.63) is 17.0 Å². The molecule has 1 aromatic rings. The highest BCUT2D eigenvalue weighted by Gasteiger charge is 2.20. The van der Waals surface area contributed by atoms with Crippen molar-refractivity contribution in [3.63, 3.8) is 0 Å². The summed E-state index contributed by atoms with van der Waals surface area (Å²) in [5, 5.41) is 0.314. The van der Waals surface area contributed by atoms with Gasteiger partial charge in [0.05, 0.1) is 12.7 Å². The van der Waals surface area contributed by atoms with E-state index in [0.717, 1.165) is 37.6 Å². The van der Waals surface area contributed by atoms with Gasteiger partial charge in [-0.2, -0.15) is 0 Å². The number of halogens is 1. The summed E-state index contributed by atoms with van der Waals surface area (Å²) < 4.78 is 5.62. The number of morpholine rings is 1. The van der Waals surface area contributed by atoms with Crippen LogP contribution in [0.4, 0.5) is 5.82 Å². The smallest absolute Gasteiger partial charge is 0.224 e. The summed E-state index contributed by atoms with van der Waals surface area (Å²) in [6, 6.07) is 1.96. The van der Waals surface area contributed by atoms with Crippen LogP contribution in [0.1, 0.15) is 19.0 Å². The van der Waals surface area contributed by atoms with Gasteiger partial charge in [-0.05, 0) is 24.9 Å². The molecule has 88 valence electrons. The topological polar surface area (TPSA) is 38.2 Å². The van der Waals surface area contributed by atoms with E-state index in [2.05, 4.69) is 21.8 Å². The van der Waals surface area contributed by atoms with Gasteiger partial charge in [-0.1, -0.05) is 6.92 Å². The Morgan fingerprint density at radius 2 is 2.38 bits per heavy atom. The third-order valence-electron chi connectivity index (χ3n) is 2.73. The Balaban J connectivity index is 2.16. The van der Waals surface area contributed by atoms with Gasteiger partial charge in [0.25, 0.3) is 0 Å². The summed E-state index contributed by atoms with van der Waals surface area (Å²) >= 11 is 5.86. The van der Waals surface area contributed by atoms with Crippen molar-refractivity contribution in [3.8, 4) is 0 Å². The minimum absolute atomic E-state index is 0.294. The summed E-state index contributed by atoms with van der Waals surface area (Å²) in [5.41, 5.74) is 0.898. The third-order valence-corrected chi connectivity index (χ3v) is 2.90. The minimum atomic E-state index is 0.294. The van der Waals surface area contributed by atoms with Gasteiger partial charge in [0.2, 0.25) is 5.28 Å². The Bertz CT molecular complexity index is 352. The first kappa shape index (κ1) is 11.6. The van der Waals surface area contributed by atoms with Crippen molar-refractivity contribution < 1.29 is 4.74 Å². The summed E-state index contributed by atoms with van der Waals surface area (Å²) in [7, 11) is 0. The Labute approximate surface area is 101 Å². The molecule has 0 N–H and O–H groups in total. The Hall–Kier alpha value is -0.870. The average Bonchev–Trinajstić information content (AvgIpc) is 2.28. The molecule has 0 saturated carbocycles. The molecule has 1 atom stereocenters. The molecule has 0 aliphatic carbocycles. The Kier molecular flexibility index (Phi) is 3.61. The Morgan fingerprint density at radius 3 is 3.06 bits per heavy atom. The number of nitrogens with zero attached hydrogens (tertiary/aromatic N) is 3. The first-order valence-corrected chi connectivity index (χ1v) is 5.94. The number of anilines is 1. The summed E-state index contributed by atoms with van der Waals surface area (Å²) in [6.45, 7) is 6.55. The minimum Gasteiger partial charge on any atom is -0.375 e. The lowest BCUT2D eigenvalue weighted by Crippen LogP contribution is -2.42. The normalized spacial score (nSPS) is 21.2. The van der Waals surface area contributed by atoms with Crippen LogP contribution in [-0.4, -0.2) is 35.8 Å². The van der Waals surface area contributed by atoms with E-state index in [-0.39, 0.29) is 0 Å². The molecule has 2 rings (SSSR count). The third kappa shape index (κ3) is 2.62. The number of hydrogen-bond donors (Lipinski definition) is 0. The monoisotopic (exact) mass is 241 g/mol. The van der Waals surface area contributed by atoms with Crippen LogP contribution in [0.25, 0.3) is 0 Å². The molecule has 2 heterocycles. The fraction of sp³-hybridized carbons (Fsp3) is 0.636. The van der Waals surface area contributed by atoms with Crippen LogP contribution < -0.4 is 4.90 Å². The second-order valence-electron chi connectivity index (χ2n) is 3.98. The van der Waals surface area contributed by atoms with E-state index in [1.165, 1.54) is 0 Å². The standard InChI is InChI=1S/C11H16ClN3O/c1-3-9-7-15(4-5-16-9)10-6-8(2)13-11(12)14-10/h6,9H,3-5,7H2,1-2H3. The molecule has 1 aliphatic rings. The van der Waals surface area contributed by atoms with Crippen LogP contribution in [-0.2, 0) is 4.74 Å². The molecule has 1 unspecified atom stereocenters. The van der Waals surface area contributed by atoms with Gasteiger partial charge in [-0.15, -0.1) is 0 Å². The number of aryl methyl sites for hydroxylation is 1. The molecule has 4 nitrogen and oxygen atoms in total. The first-order chi connectivity index (χ1) is 7.69. The van der Waals surface area contributed by atoms with E-state index in [1.807, 2.05) is 13.0 Å². The van der Waals surface area contributed by atoms with Crippen LogP contribution in [0.3, 0.4) is 0 Å². The second-order valence-corrected chi connectivity index (χ2v) is 4.32. The van der Waals surface area contributed by atoms with Gasteiger partial charge in [0.15, 0.2) is 0 Å². The van der Waals surface area contributed by atoms with Crippen LogP contribution in [0, 0.1) is 6.92 Å². The maximum absolute atomic E-state index is 5.86. The lowest BCUT2D eigenvalue weighted by molar-refractivity contribution is 0.0381. The van der Waals surface area contributed by atoms with Crippen LogP contribution in [0.15, 0.2) is 6.07 Å². The predicted molar refractivity (Wildman–Crippen MR) is 64.0 cm³/mol. The van der Waals surface area contributed by atoms with Crippen LogP contribution in [0.2, 0.25) is 5.28 Å². The number of aromatic nitrogens is 2. The van der Waals surface area contributed by atoms with Gasteiger partial charge in [0, 0.05) is 24.8 Å². The molecule has 0 amide bonds. The molecule has 0 spiro atoms. The molecule has 1 aliphatic heterocycles. The zero-order valence-corrected chi connectivity index (χ0v) is 10.4. The molecule has 1 aromatic heterocycles. The predicted octanol–water partition coefficient (Wildman–Crippen LogP) is 2.05. The zero-order chi connectivity index (χ0) is 11.5. The van der Waals surface area contributed by atoms with Crippen molar-refractivity contribution in [2.75, 3.05) is 24.6 Å². The molecule has 1 saturated heterocycles.